The van der Waals surface area contributed by atoms with Gasteiger partial charge in [-0.2, -0.15) is 5.26 Å². The van der Waals surface area contributed by atoms with Crippen molar-refractivity contribution in [3.8, 4) is 6.07 Å². The van der Waals surface area contributed by atoms with Crippen molar-refractivity contribution >= 4 is 27.8 Å². The van der Waals surface area contributed by atoms with Crippen LogP contribution in [-0.4, -0.2) is 5.91 Å². The second-order valence-corrected chi connectivity index (χ2v) is 6.53. The lowest BCUT2D eigenvalue weighted by Gasteiger charge is -2.26. The molecule has 1 aliphatic rings. The predicted octanol–water partition coefficient (Wildman–Crippen LogP) is 2.94. The minimum Gasteiger partial charge on any atom is -0.390 e. The second-order valence-electron chi connectivity index (χ2n) is 5.45. The Morgan fingerprint density at radius 3 is 2.70 bits per heavy atom. The summed E-state index contributed by atoms with van der Waals surface area (Å²) in [5.74, 6) is -0.307. The predicted molar refractivity (Wildman–Crippen MR) is 81.9 cm³/mol. The Morgan fingerprint density at radius 2 is 2.25 bits per heavy atom. The van der Waals surface area contributed by atoms with E-state index in [1.54, 1.807) is 6.07 Å². The number of allylic oxidation sites excluding steroid dienone is 4. The molecule has 0 radical (unpaired) electrons. The zero-order chi connectivity index (χ0) is 14.9. The minimum atomic E-state index is -0.506. The summed E-state index contributed by atoms with van der Waals surface area (Å²) >= 11 is 1.36. The van der Waals surface area contributed by atoms with Crippen molar-refractivity contribution in [2.24, 2.45) is 17.1 Å². The molecule has 1 atom stereocenters. The number of hydrogen-bond acceptors (Lipinski definition) is 4. The molecule has 0 fully saturated rings. The van der Waals surface area contributed by atoms with Gasteiger partial charge in [0.1, 0.15) is 0 Å². The molecule has 104 valence electrons. The van der Waals surface area contributed by atoms with Gasteiger partial charge in [-0.15, -0.1) is 11.3 Å². The van der Waals surface area contributed by atoms with E-state index in [4.69, 9.17) is 16.7 Å². The van der Waals surface area contributed by atoms with Gasteiger partial charge in [-0.1, -0.05) is 18.2 Å². The van der Waals surface area contributed by atoms with E-state index in [2.05, 4.69) is 18.2 Å². The molecule has 1 aliphatic carbocycles. The zero-order valence-electron chi connectivity index (χ0n) is 11.5. The molecule has 0 bridgehead atoms. The lowest BCUT2D eigenvalue weighted by molar-refractivity contribution is 0.100. The van der Waals surface area contributed by atoms with Crippen molar-refractivity contribution in [2.75, 3.05) is 5.73 Å². The number of amides is 1. The van der Waals surface area contributed by atoms with Gasteiger partial charge < -0.3 is 11.5 Å². The van der Waals surface area contributed by atoms with Gasteiger partial charge >= 0.3 is 0 Å². The van der Waals surface area contributed by atoms with E-state index < -0.39 is 5.91 Å². The molecular formula is C15H17N3OS. The largest absolute Gasteiger partial charge is 0.390 e. The number of hydrogen-bond donors (Lipinski definition) is 2. The molecule has 1 aromatic rings. The zero-order valence-corrected chi connectivity index (χ0v) is 12.3. The normalized spacial score (nSPS) is 18.4. The molecule has 4 nitrogen and oxygen atoms in total. The number of primary amides is 1. The summed E-state index contributed by atoms with van der Waals surface area (Å²) in [7, 11) is 0. The van der Waals surface area contributed by atoms with Gasteiger partial charge in [0, 0.05) is 4.88 Å². The number of nitrogens with two attached hydrogens (primary N) is 2. The molecule has 1 aromatic heterocycles. The molecule has 5 heteroatoms. The molecule has 0 saturated heterocycles. The Morgan fingerprint density at radius 1 is 1.55 bits per heavy atom. The Labute approximate surface area is 122 Å². The number of anilines is 1. The van der Waals surface area contributed by atoms with Gasteiger partial charge in [0.2, 0.25) is 0 Å². The lowest BCUT2D eigenvalue weighted by atomic mass is 9.76. The first-order valence-electron chi connectivity index (χ1n) is 6.34. The van der Waals surface area contributed by atoms with Crippen LogP contribution in [-0.2, 0) is 0 Å². The maximum absolute atomic E-state index is 11.2. The molecular weight excluding hydrogens is 270 g/mol. The van der Waals surface area contributed by atoms with E-state index in [1.165, 1.54) is 11.3 Å². The van der Waals surface area contributed by atoms with E-state index in [1.807, 2.05) is 19.9 Å². The van der Waals surface area contributed by atoms with Crippen LogP contribution < -0.4 is 11.5 Å². The molecule has 1 unspecified atom stereocenters. The standard InChI is InChI=1S/C15H17N3OS/c1-15(2,8-16)10-5-3-9(4-6-10)12-7-11(13(17)19)14(18)20-12/h3-5,7,10H,6,18H2,1-2H3,(H2,17,19). The summed E-state index contributed by atoms with van der Waals surface area (Å²) in [6.07, 6.45) is 6.93. The van der Waals surface area contributed by atoms with Gasteiger partial charge in [-0.05, 0) is 37.8 Å². The number of rotatable bonds is 3. The van der Waals surface area contributed by atoms with Crippen molar-refractivity contribution in [2.45, 2.75) is 20.3 Å². The van der Waals surface area contributed by atoms with Crippen molar-refractivity contribution in [3.63, 3.8) is 0 Å². The van der Waals surface area contributed by atoms with Crippen LogP contribution in [0, 0.1) is 22.7 Å². The van der Waals surface area contributed by atoms with Gasteiger partial charge in [0.05, 0.1) is 22.0 Å². The first-order valence-corrected chi connectivity index (χ1v) is 7.16. The van der Waals surface area contributed by atoms with Crippen LogP contribution in [0.15, 0.2) is 24.3 Å². The van der Waals surface area contributed by atoms with Gasteiger partial charge in [-0.3, -0.25) is 4.79 Å². The molecule has 20 heavy (non-hydrogen) atoms. The van der Waals surface area contributed by atoms with Crippen LogP contribution >= 0.6 is 11.3 Å². The number of carbonyl (C=O) groups excluding carboxylic acids is 1. The molecule has 1 amide bonds. The molecule has 1 heterocycles. The smallest absolute Gasteiger partial charge is 0.251 e. The maximum atomic E-state index is 11.2. The lowest BCUT2D eigenvalue weighted by Crippen LogP contribution is -2.21. The second kappa shape index (κ2) is 5.14. The van der Waals surface area contributed by atoms with E-state index in [0.717, 1.165) is 16.9 Å². The third-order valence-electron chi connectivity index (χ3n) is 3.63. The van der Waals surface area contributed by atoms with E-state index in [9.17, 15) is 4.79 Å². The van der Waals surface area contributed by atoms with Crippen LogP contribution in [0.5, 0.6) is 0 Å². The summed E-state index contributed by atoms with van der Waals surface area (Å²) in [4.78, 5) is 12.1. The maximum Gasteiger partial charge on any atom is 0.251 e. The van der Waals surface area contributed by atoms with Gasteiger partial charge in [0.25, 0.3) is 5.91 Å². The monoisotopic (exact) mass is 287 g/mol. The summed E-state index contributed by atoms with van der Waals surface area (Å²) in [6, 6.07) is 4.07. The van der Waals surface area contributed by atoms with E-state index in [-0.39, 0.29) is 11.3 Å². The Kier molecular flexibility index (Phi) is 3.69. The Hall–Kier alpha value is -2.06. The van der Waals surface area contributed by atoms with Crippen LogP contribution in [0.3, 0.4) is 0 Å². The van der Waals surface area contributed by atoms with Crippen molar-refractivity contribution < 1.29 is 4.79 Å². The Balaban J connectivity index is 2.22. The summed E-state index contributed by atoms with van der Waals surface area (Å²) < 4.78 is 0. The number of carbonyl (C=O) groups is 1. The fraction of sp³-hybridized carbons (Fsp3) is 0.333. The fourth-order valence-corrected chi connectivity index (χ4v) is 3.11. The quantitative estimate of drug-likeness (QED) is 0.895. The summed E-state index contributed by atoms with van der Waals surface area (Å²) in [5, 5.41) is 9.61. The van der Waals surface area contributed by atoms with Gasteiger partial charge in [0.15, 0.2) is 0 Å². The average molecular weight is 287 g/mol. The third kappa shape index (κ3) is 2.61. The minimum absolute atomic E-state index is 0.198. The molecule has 0 aliphatic heterocycles. The third-order valence-corrected chi connectivity index (χ3v) is 4.64. The molecule has 2 rings (SSSR count). The SMILES string of the molecule is CC(C)(C#N)C1C=CC(c2cc(C(N)=O)c(N)s2)=CC1. The van der Waals surface area contributed by atoms with E-state index >= 15 is 0 Å². The summed E-state index contributed by atoms with van der Waals surface area (Å²) in [6.45, 7) is 3.88. The van der Waals surface area contributed by atoms with Crippen molar-refractivity contribution in [1.29, 1.82) is 5.26 Å². The number of thiophene rings is 1. The van der Waals surface area contributed by atoms with Crippen LogP contribution in [0.2, 0.25) is 0 Å². The highest BCUT2D eigenvalue weighted by Gasteiger charge is 2.28. The summed E-state index contributed by atoms with van der Waals surface area (Å²) in [5.41, 5.74) is 12.1. The molecule has 0 saturated carbocycles. The average Bonchev–Trinajstić information content (AvgIpc) is 2.81. The first kappa shape index (κ1) is 14.4. The van der Waals surface area contributed by atoms with Crippen molar-refractivity contribution in [1.82, 2.24) is 0 Å². The topological polar surface area (TPSA) is 92.9 Å². The molecule has 4 N–H and O–H groups in total. The van der Waals surface area contributed by atoms with Crippen LogP contribution in [0.1, 0.15) is 35.5 Å². The Bertz CT molecular complexity index is 647. The first-order chi connectivity index (χ1) is 9.35. The number of nitrogen functional groups attached to an aromatic ring is 1. The highest BCUT2D eigenvalue weighted by Crippen LogP contribution is 2.38. The molecule has 0 aromatic carbocycles. The fourth-order valence-electron chi connectivity index (χ4n) is 2.16. The van der Waals surface area contributed by atoms with E-state index in [0.29, 0.717) is 10.6 Å². The van der Waals surface area contributed by atoms with Gasteiger partial charge in [-0.25, -0.2) is 0 Å². The van der Waals surface area contributed by atoms with Crippen LogP contribution in [0.4, 0.5) is 5.00 Å². The highest BCUT2D eigenvalue weighted by molar-refractivity contribution is 7.17. The van der Waals surface area contributed by atoms with Crippen LogP contribution in [0.25, 0.3) is 5.57 Å². The number of nitrogens with zero attached hydrogens (tertiary/aromatic N) is 1. The number of nitriles is 1. The molecule has 0 spiro atoms. The highest BCUT2D eigenvalue weighted by atomic mass is 32.1. The van der Waals surface area contributed by atoms with Crippen molar-refractivity contribution in [3.05, 3.63) is 34.7 Å².